The van der Waals surface area contributed by atoms with E-state index >= 15 is 0 Å². The normalized spacial score (nSPS) is 12.1. The molecule has 0 aliphatic rings. The minimum atomic E-state index is -3.38. The minimum absolute atomic E-state index is 0.301. The fourth-order valence-electron chi connectivity index (χ4n) is 3.95. The molecule has 30 heavy (non-hydrogen) atoms. The summed E-state index contributed by atoms with van der Waals surface area (Å²) in [6, 6.07) is 19.8. The lowest BCUT2D eigenvalue weighted by Gasteiger charge is -2.13. The molecule has 1 amide bonds. The molecule has 6 heteroatoms. The zero-order chi connectivity index (χ0) is 21.6. The summed E-state index contributed by atoms with van der Waals surface area (Å²) in [5.74, 6) is -0.200. The van der Waals surface area contributed by atoms with Gasteiger partial charge in [-0.15, -0.1) is 0 Å². The number of primary amides is 1. The number of amides is 1. The Balaban J connectivity index is 2.07. The highest BCUT2D eigenvalue weighted by molar-refractivity contribution is 7.90. The van der Waals surface area contributed by atoms with Gasteiger partial charge in [0, 0.05) is 29.1 Å². The van der Waals surface area contributed by atoms with Gasteiger partial charge in [-0.05, 0) is 47.4 Å². The summed E-state index contributed by atoms with van der Waals surface area (Å²) in [5.41, 5.74) is 9.61. The number of aromatic nitrogens is 1. The molecule has 5 nitrogen and oxygen atoms in total. The Bertz CT molecular complexity index is 1400. The molecule has 153 valence electrons. The molecule has 4 aromatic rings. The van der Waals surface area contributed by atoms with Gasteiger partial charge < -0.3 is 10.3 Å². The molecule has 0 saturated heterocycles. The molecule has 3 aromatic carbocycles. The van der Waals surface area contributed by atoms with Crippen molar-refractivity contribution in [1.82, 2.24) is 4.57 Å². The lowest BCUT2D eigenvalue weighted by Crippen LogP contribution is -2.11. The van der Waals surface area contributed by atoms with Gasteiger partial charge in [0.15, 0.2) is 9.84 Å². The van der Waals surface area contributed by atoms with Gasteiger partial charge in [0.05, 0.1) is 15.9 Å². The Hall–Kier alpha value is -3.12. The molecule has 4 rings (SSSR count). The van der Waals surface area contributed by atoms with E-state index < -0.39 is 15.7 Å². The first-order valence-electron chi connectivity index (χ1n) is 9.72. The number of nitrogens with two attached hydrogens (primary N) is 1. The Labute approximate surface area is 176 Å². The van der Waals surface area contributed by atoms with Crippen LogP contribution in [0.5, 0.6) is 0 Å². The molecule has 0 fully saturated rings. The van der Waals surface area contributed by atoms with E-state index in [1.807, 2.05) is 28.8 Å². The smallest absolute Gasteiger partial charge is 0.249 e. The second-order valence-electron chi connectivity index (χ2n) is 7.88. The lowest BCUT2D eigenvalue weighted by atomic mass is 10.00. The van der Waals surface area contributed by atoms with E-state index in [0.29, 0.717) is 28.5 Å². The standard InChI is InChI=1S/C24H23N2O3S/c1-15(2)16-11-12-18-21(13-16)26(20-9-6-8-19(23(18)20)24(25)27)14-17-7-4-5-10-22(17)30(3,28)29/h4-11,13,15H,14H2,1-3H3,(H2,25,27). The number of hydrogen-bond acceptors (Lipinski definition) is 3. The first-order chi connectivity index (χ1) is 14.2. The van der Waals surface area contributed by atoms with E-state index in [0.717, 1.165) is 27.4 Å². The van der Waals surface area contributed by atoms with Crippen LogP contribution in [0.25, 0.3) is 21.8 Å². The third kappa shape index (κ3) is 3.37. The van der Waals surface area contributed by atoms with E-state index in [2.05, 4.69) is 26.0 Å². The van der Waals surface area contributed by atoms with Crippen LogP contribution in [-0.4, -0.2) is 25.1 Å². The predicted molar refractivity (Wildman–Crippen MR) is 120 cm³/mol. The summed E-state index contributed by atoms with van der Waals surface area (Å²) in [5, 5.41) is 1.55. The largest absolute Gasteiger partial charge is 0.366 e. The Kier molecular flexibility index (Phi) is 4.90. The third-order valence-corrected chi connectivity index (χ3v) is 6.65. The molecule has 0 saturated carbocycles. The molecular formula is C24H23N2O3S. The number of nitrogens with zero attached hydrogens (tertiary/aromatic N) is 1. The van der Waals surface area contributed by atoms with Crippen molar-refractivity contribution in [2.45, 2.75) is 31.2 Å². The van der Waals surface area contributed by atoms with Crippen LogP contribution in [0.15, 0.2) is 59.5 Å². The van der Waals surface area contributed by atoms with Gasteiger partial charge >= 0.3 is 0 Å². The summed E-state index contributed by atoms with van der Waals surface area (Å²) >= 11 is 0. The van der Waals surface area contributed by atoms with Crippen molar-refractivity contribution in [3.63, 3.8) is 0 Å². The van der Waals surface area contributed by atoms with Crippen LogP contribution < -0.4 is 5.73 Å². The Morgan fingerprint density at radius 2 is 1.83 bits per heavy atom. The van der Waals surface area contributed by atoms with E-state index in [4.69, 9.17) is 5.73 Å². The zero-order valence-corrected chi connectivity index (χ0v) is 18.0. The summed E-state index contributed by atoms with van der Waals surface area (Å²) in [6.07, 6.45) is 1.22. The summed E-state index contributed by atoms with van der Waals surface area (Å²) in [6.45, 7) is 4.56. The van der Waals surface area contributed by atoms with Crippen molar-refractivity contribution in [2.24, 2.45) is 5.73 Å². The number of rotatable bonds is 5. The molecular weight excluding hydrogens is 396 g/mol. The highest BCUT2D eigenvalue weighted by Gasteiger charge is 2.19. The number of carbonyl (C=O) groups is 1. The second-order valence-corrected chi connectivity index (χ2v) is 9.86. The van der Waals surface area contributed by atoms with E-state index in [1.165, 1.54) is 6.26 Å². The van der Waals surface area contributed by atoms with E-state index in [1.54, 1.807) is 24.3 Å². The summed E-state index contributed by atoms with van der Waals surface area (Å²) in [7, 11) is -3.38. The van der Waals surface area contributed by atoms with Crippen LogP contribution in [0.3, 0.4) is 0 Å². The Morgan fingerprint density at radius 3 is 2.50 bits per heavy atom. The molecule has 0 atom stereocenters. The van der Waals surface area contributed by atoms with Gasteiger partial charge in [-0.2, -0.15) is 0 Å². The molecule has 0 aliphatic heterocycles. The summed E-state index contributed by atoms with van der Waals surface area (Å²) in [4.78, 5) is 12.4. The third-order valence-electron chi connectivity index (χ3n) is 5.45. The maximum atomic E-state index is 12.3. The average molecular weight is 420 g/mol. The zero-order valence-electron chi connectivity index (χ0n) is 17.1. The van der Waals surface area contributed by atoms with Crippen LogP contribution in [0, 0.1) is 6.07 Å². The van der Waals surface area contributed by atoms with E-state index in [-0.39, 0.29) is 0 Å². The van der Waals surface area contributed by atoms with Crippen LogP contribution in [-0.2, 0) is 16.4 Å². The van der Waals surface area contributed by atoms with Gasteiger partial charge in [-0.3, -0.25) is 4.79 Å². The maximum Gasteiger partial charge on any atom is 0.249 e. The molecule has 1 aromatic heterocycles. The number of benzene rings is 3. The SMILES string of the molecule is CC(C)c1c[c]c2c3c(C(N)=O)cccc3n(Cc3ccccc3S(C)(=O)=O)c2c1. The van der Waals surface area contributed by atoms with Crippen molar-refractivity contribution in [1.29, 1.82) is 0 Å². The number of carbonyl (C=O) groups excluding carboxylic acids is 1. The second kappa shape index (κ2) is 7.29. The van der Waals surface area contributed by atoms with Crippen molar-refractivity contribution in [3.8, 4) is 0 Å². The Morgan fingerprint density at radius 1 is 1.10 bits per heavy atom. The number of hydrogen-bond donors (Lipinski definition) is 1. The minimum Gasteiger partial charge on any atom is -0.366 e. The molecule has 1 heterocycles. The van der Waals surface area contributed by atoms with Crippen LogP contribution in [0.1, 0.15) is 41.3 Å². The predicted octanol–water partition coefficient (Wildman–Crippen LogP) is 4.27. The summed E-state index contributed by atoms with van der Waals surface area (Å²) < 4.78 is 26.7. The monoisotopic (exact) mass is 419 g/mol. The molecule has 0 aliphatic carbocycles. The average Bonchev–Trinajstić information content (AvgIpc) is 3.00. The van der Waals surface area contributed by atoms with Gasteiger partial charge in [0.1, 0.15) is 0 Å². The quantitative estimate of drug-likeness (QED) is 0.524. The van der Waals surface area contributed by atoms with Gasteiger partial charge in [-0.25, -0.2) is 8.42 Å². The molecule has 0 spiro atoms. The van der Waals surface area contributed by atoms with Gasteiger partial charge in [0.2, 0.25) is 5.91 Å². The van der Waals surface area contributed by atoms with Gasteiger partial charge in [-0.1, -0.05) is 44.2 Å². The molecule has 2 N–H and O–H groups in total. The van der Waals surface area contributed by atoms with Crippen molar-refractivity contribution >= 4 is 37.6 Å². The van der Waals surface area contributed by atoms with Crippen LogP contribution >= 0.6 is 0 Å². The van der Waals surface area contributed by atoms with Gasteiger partial charge in [0.25, 0.3) is 0 Å². The fraction of sp³-hybridized carbons (Fsp3) is 0.208. The van der Waals surface area contributed by atoms with E-state index in [9.17, 15) is 13.2 Å². The lowest BCUT2D eigenvalue weighted by molar-refractivity contribution is 0.100. The molecule has 0 bridgehead atoms. The number of fused-ring (bicyclic) bond motifs is 3. The topological polar surface area (TPSA) is 82.2 Å². The van der Waals surface area contributed by atoms with Crippen molar-refractivity contribution in [2.75, 3.05) is 6.26 Å². The van der Waals surface area contributed by atoms with Crippen molar-refractivity contribution in [3.05, 3.63) is 77.4 Å². The highest BCUT2D eigenvalue weighted by atomic mass is 32.2. The molecule has 1 radical (unpaired) electrons. The number of sulfone groups is 1. The maximum absolute atomic E-state index is 12.3. The van der Waals surface area contributed by atoms with Crippen LogP contribution in [0.4, 0.5) is 0 Å². The van der Waals surface area contributed by atoms with Crippen molar-refractivity contribution < 1.29 is 13.2 Å². The first kappa shape index (κ1) is 20.2. The molecule has 0 unspecified atom stereocenters. The fourth-order valence-corrected chi connectivity index (χ4v) is 4.88. The highest BCUT2D eigenvalue weighted by Crippen LogP contribution is 2.34. The van der Waals surface area contributed by atoms with Crippen LogP contribution in [0.2, 0.25) is 0 Å². The first-order valence-corrected chi connectivity index (χ1v) is 11.6.